The zero-order valence-corrected chi connectivity index (χ0v) is 18.8. The van der Waals surface area contributed by atoms with Crippen LogP contribution in [0.3, 0.4) is 0 Å². The van der Waals surface area contributed by atoms with Crippen molar-refractivity contribution in [3.8, 4) is 6.07 Å². The molecule has 1 amide bonds. The van der Waals surface area contributed by atoms with E-state index in [4.69, 9.17) is 5.26 Å². The monoisotopic (exact) mass is 441 g/mol. The van der Waals surface area contributed by atoms with E-state index in [9.17, 15) is 14.7 Å². The number of nitriles is 1. The summed E-state index contributed by atoms with van der Waals surface area (Å²) in [5, 5.41) is 23.2. The average molecular weight is 442 g/mol. The van der Waals surface area contributed by atoms with Gasteiger partial charge in [-0.05, 0) is 65.9 Å². The van der Waals surface area contributed by atoms with E-state index in [-0.39, 0.29) is 17.2 Å². The molecule has 0 radical (unpaired) electrons. The third kappa shape index (κ3) is 6.20. The van der Waals surface area contributed by atoms with Gasteiger partial charge < -0.3 is 15.3 Å². The van der Waals surface area contributed by atoms with Gasteiger partial charge in [0, 0.05) is 31.8 Å². The van der Waals surface area contributed by atoms with E-state index in [1.165, 1.54) is 6.08 Å². The zero-order valence-electron chi connectivity index (χ0n) is 18.8. The minimum absolute atomic E-state index is 0.0292. The van der Waals surface area contributed by atoms with Gasteiger partial charge in [-0.3, -0.25) is 4.79 Å². The lowest BCUT2D eigenvalue weighted by atomic mass is 10.0. The molecule has 0 atom stereocenters. The first-order valence-electron chi connectivity index (χ1n) is 10.8. The molecule has 0 unspecified atom stereocenters. The molecule has 2 N–H and O–H groups in total. The number of hydrogen-bond acceptors (Lipinski definition) is 4. The first-order valence-corrected chi connectivity index (χ1v) is 10.8. The third-order valence-electron chi connectivity index (χ3n) is 5.52. The second-order valence-electron chi connectivity index (χ2n) is 7.95. The van der Waals surface area contributed by atoms with Crippen molar-refractivity contribution < 1.29 is 14.7 Å². The normalized spacial score (nSPS) is 11.1. The predicted octanol–water partition coefficient (Wildman–Crippen LogP) is 5.71. The van der Waals surface area contributed by atoms with Gasteiger partial charge in [-0.25, -0.2) is 4.79 Å². The van der Waals surface area contributed by atoms with Crippen LogP contribution in [0, 0.1) is 11.3 Å². The highest BCUT2D eigenvalue weighted by Gasteiger charge is 2.14. The zero-order chi connectivity index (χ0) is 23.8. The molecule has 168 valence electrons. The number of carbonyl (C=O) groups is 2. The largest absolute Gasteiger partial charge is 0.478 e. The number of anilines is 2. The number of carboxylic acids is 1. The Morgan fingerprint density at radius 1 is 1.06 bits per heavy atom. The number of fused-ring (bicyclic) bond motifs is 1. The number of nitrogens with zero attached hydrogens (tertiary/aromatic N) is 2. The van der Waals surface area contributed by atoms with E-state index < -0.39 is 5.97 Å². The highest BCUT2D eigenvalue weighted by atomic mass is 16.4. The third-order valence-corrected chi connectivity index (χ3v) is 5.52. The van der Waals surface area contributed by atoms with Crippen molar-refractivity contribution >= 4 is 39.6 Å². The summed E-state index contributed by atoms with van der Waals surface area (Å²) in [4.78, 5) is 26.4. The fourth-order valence-electron chi connectivity index (χ4n) is 3.62. The SMILES string of the molecule is CC(=CC(=O)Nc1ccc(N(C)CCCCC#N)cc1C(=O)O)c1ccc2ccccc2c1. The summed E-state index contributed by atoms with van der Waals surface area (Å²) in [7, 11) is 1.88. The van der Waals surface area contributed by atoms with Gasteiger partial charge >= 0.3 is 5.97 Å². The van der Waals surface area contributed by atoms with E-state index in [0.29, 0.717) is 13.0 Å². The molecule has 0 aliphatic carbocycles. The molecule has 0 saturated carbocycles. The van der Waals surface area contributed by atoms with Crippen LogP contribution in [-0.2, 0) is 4.79 Å². The number of hydrogen-bond donors (Lipinski definition) is 2. The van der Waals surface area contributed by atoms with Crippen LogP contribution in [0.2, 0.25) is 0 Å². The summed E-state index contributed by atoms with van der Waals surface area (Å²) in [6.07, 6.45) is 3.61. The first kappa shape index (κ1) is 23.6. The maximum Gasteiger partial charge on any atom is 0.337 e. The van der Waals surface area contributed by atoms with Gasteiger partial charge in [-0.15, -0.1) is 0 Å². The predicted molar refractivity (Wildman–Crippen MR) is 132 cm³/mol. The highest BCUT2D eigenvalue weighted by Crippen LogP contribution is 2.25. The number of carboxylic acid groups (broad SMARTS) is 1. The van der Waals surface area contributed by atoms with Gasteiger partial charge in [0.2, 0.25) is 5.91 Å². The lowest BCUT2D eigenvalue weighted by Gasteiger charge is -2.20. The van der Waals surface area contributed by atoms with E-state index >= 15 is 0 Å². The van der Waals surface area contributed by atoms with Crippen molar-refractivity contribution in [1.29, 1.82) is 5.26 Å². The molecular formula is C27H27N3O3. The van der Waals surface area contributed by atoms with Crippen molar-refractivity contribution in [2.45, 2.75) is 26.2 Å². The molecule has 0 heterocycles. The summed E-state index contributed by atoms with van der Waals surface area (Å²) in [6.45, 7) is 2.56. The molecule has 6 nitrogen and oxygen atoms in total. The molecule has 0 saturated heterocycles. The Hall–Kier alpha value is -4.11. The molecule has 6 heteroatoms. The lowest BCUT2D eigenvalue weighted by molar-refractivity contribution is -0.111. The van der Waals surface area contributed by atoms with Crippen LogP contribution in [0.15, 0.2) is 66.7 Å². The quantitative estimate of drug-likeness (QED) is 0.328. The van der Waals surface area contributed by atoms with E-state index in [2.05, 4.69) is 11.4 Å². The van der Waals surface area contributed by atoms with Crippen molar-refractivity contribution in [3.05, 3.63) is 77.9 Å². The fourth-order valence-corrected chi connectivity index (χ4v) is 3.62. The number of nitrogens with one attached hydrogen (secondary N) is 1. The number of amides is 1. The van der Waals surface area contributed by atoms with E-state index in [0.717, 1.165) is 40.4 Å². The summed E-state index contributed by atoms with van der Waals surface area (Å²) in [5.41, 5.74) is 2.72. The van der Waals surface area contributed by atoms with Crippen molar-refractivity contribution in [3.63, 3.8) is 0 Å². The minimum Gasteiger partial charge on any atom is -0.478 e. The maximum atomic E-state index is 12.6. The van der Waals surface area contributed by atoms with Crippen LogP contribution in [0.1, 0.15) is 42.1 Å². The molecule has 0 aliphatic rings. The number of carbonyl (C=O) groups excluding carboxylic acids is 1. The smallest absolute Gasteiger partial charge is 0.337 e. The number of allylic oxidation sites excluding steroid dienone is 1. The van der Waals surface area contributed by atoms with Crippen LogP contribution in [0.4, 0.5) is 11.4 Å². The standard InChI is InChI=1S/C27H27N3O3/c1-19(21-11-10-20-8-4-5-9-22(20)17-21)16-26(31)29-25-13-12-23(18-24(25)27(32)33)30(2)15-7-3-6-14-28/h4-5,8-13,16-18H,3,6-7,15H2,1-2H3,(H,29,31)(H,32,33). The van der Waals surface area contributed by atoms with Crippen LogP contribution >= 0.6 is 0 Å². The summed E-state index contributed by atoms with van der Waals surface area (Å²) < 4.78 is 0. The first-order chi connectivity index (χ1) is 15.9. The Morgan fingerprint density at radius 2 is 1.82 bits per heavy atom. The molecule has 0 aromatic heterocycles. The van der Waals surface area contributed by atoms with Crippen LogP contribution in [0.25, 0.3) is 16.3 Å². The van der Waals surface area contributed by atoms with Crippen LogP contribution < -0.4 is 10.2 Å². The Kier molecular flexibility index (Phi) is 7.82. The van der Waals surface area contributed by atoms with Crippen molar-refractivity contribution in [2.75, 3.05) is 23.8 Å². The molecule has 3 aromatic rings. The van der Waals surface area contributed by atoms with Gasteiger partial charge in [0.25, 0.3) is 0 Å². The van der Waals surface area contributed by atoms with E-state index in [1.807, 2.05) is 61.3 Å². The van der Waals surface area contributed by atoms with E-state index in [1.54, 1.807) is 18.2 Å². The Morgan fingerprint density at radius 3 is 2.55 bits per heavy atom. The molecule has 33 heavy (non-hydrogen) atoms. The summed E-state index contributed by atoms with van der Waals surface area (Å²) in [6, 6.07) is 21.1. The maximum absolute atomic E-state index is 12.6. The van der Waals surface area contributed by atoms with Gasteiger partial charge in [0.05, 0.1) is 17.3 Å². The number of rotatable bonds is 9. The molecule has 3 rings (SSSR count). The Balaban J connectivity index is 1.74. The van der Waals surface area contributed by atoms with Gasteiger partial charge in [0.15, 0.2) is 0 Å². The summed E-state index contributed by atoms with van der Waals surface area (Å²) >= 11 is 0. The van der Waals surface area contributed by atoms with Gasteiger partial charge in [-0.1, -0.05) is 36.4 Å². The molecular weight excluding hydrogens is 414 g/mol. The molecule has 3 aromatic carbocycles. The van der Waals surface area contributed by atoms with Gasteiger partial charge in [-0.2, -0.15) is 5.26 Å². The Bertz CT molecular complexity index is 1240. The average Bonchev–Trinajstić information content (AvgIpc) is 2.81. The number of unbranched alkanes of at least 4 members (excludes halogenated alkanes) is 2. The molecule has 0 spiro atoms. The Labute approximate surface area is 193 Å². The van der Waals surface area contributed by atoms with Gasteiger partial charge in [0.1, 0.15) is 0 Å². The lowest BCUT2D eigenvalue weighted by Crippen LogP contribution is -2.19. The topological polar surface area (TPSA) is 93.4 Å². The minimum atomic E-state index is -1.11. The highest BCUT2D eigenvalue weighted by molar-refractivity contribution is 6.07. The molecule has 0 fully saturated rings. The van der Waals surface area contributed by atoms with Crippen molar-refractivity contribution in [2.24, 2.45) is 0 Å². The van der Waals surface area contributed by atoms with Crippen LogP contribution in [-0.4, -0.2) is 30.6 Å². The second kappa shape index (κ2) is 11.0. The second-order valence-corrected chi connectivity index (χ2v) is 7.95. The number of aromatic carboxylic acids is 1. The van der Waals surface area contributed by atoms with Crippen molar-refractivity contribution in [1.82, 2.24) is 0 Å². The fraction of sp³-hybridized carbons (Fsp3) is 0.222. The van der Waals surface area contributed by atoms with Crippen LogP contribution in [0.5, 0.6) is 0 Å². The molecule has 0 aliphatic heterocycles. The molecule has 0 bridgehead atoms. The number of benzene rings is 3. The summed E-state index contributed by atoms with van der Waals surface area (Å²) in [5.74, 6) is -1.50.